The summed E-state index contributed by atoms with van der Waals surface area (Å²) in [4.78, 5) is 27.2. The number of benzene rings is 1. The first-order valence-electron chi connectivity index (χ1n) is 8.54. The van der Waals surface area contributed by atoms with E-state index in [4.69, 9.17) is 11.6 Å². The molecule has 0 bridgehead atoms. The molecule has 0 atom stereocenters. The van der Waals surface area contributed by atoms with Crippen molar-refractivity contribution in [1.29, 1.82) is 0 Å². The third-order valence-electron chi connectivity index (χ3n) is 4.17. The van der Waals surface area contributed by atoms with E-state index in [0.29, 0.717) is 22.8 Å². The van der Waals surface area contributed by atoms with Crippen molar-refractivity contribution in [2.75, 3.05) is 26.7 Å². The van der Waals surface area contributed by atoms with Gasteiger partial charge >= 0.3 is 6.18 Å². The molecule has 2 amide bonds. The van der Waals surface area contributed by atoms with Crippen molar-refractivity contribution in [3.05, 3.63) is 46.7 Å². The molecule has 1 aromatic carbocycles. The number of hydrogen-bond acceptors (Lipinski definition) is 3. The molecule has 2 rings (SSSR count). The second kappa shape index (κ2) is 8.64. The zero-order valence-corrected chi connectivity index (χ0v) is 16.4. The Labute approximate surface area is 165 Å². The molecule has 1 heterocycles. The quantitative estimate of drug-likeness (QED) is 0.724. The van der Waals surface area contributed by atoms with Crippen molar-refractivity contribution in [2.24, 2.45) is 0 Å². The third-order valence-corrected chi connectivity index (χ3v) is 4.43. The van der Waals surface area contributed by atoms with E-state index >= 15 is 0 Å². The summed E-state index contributed by atoms with van der Waals surface area (Å²) in [5, 5.41) is 4.10. The van der Waals surface area contributed by atoms with Gasteiger partial charge in [0.25, 0.3) is 5.91 Å². The second-order valence-electron chi connectivity index (χ2n) is 6.02. The molecule has 2 aromatic rings. The van der Waals surface area contributed by atoms with E-state index < -0.39 is 23.3 Å². The molecule has 0 spiro atoms. The van der Waals surface area contributed by atoms with Gasteiger partial charge in [-0.2, -0.15) is 18.3 Å². The number of nitrogens with zero attached hydrogens (tertiary/aromatic N) is 4. The highest BCUT2D eigenvalue weighted by atomic mass is 35.5. The van der Waals surface area contributed by atoms with Crippen molar-refractivity contribution in [3.8, 4) is 5.69 Å². The molecule has 28 heavy (non-hydrogen) atoms. The van der Waals surface area contributed by atoms with E-state index in [9.17, 15) is 22.8 Å². The van der Waals surface area contributed by atoms with E-state index in [2.05, 4.69) is 5.10 Å². The van der Waals surface area contributed by atoms with Crippen molar-refractivity contribution in [1.82, 2.24) is 19.6 Å². The van der Waals surface area contributed by atoms with E-state index in [1.54, 1.807) is 13.8 Å². The number of carbonyl (C=O) groups excluding carboxylic acids is 2. The first-order valence-corrected chi connectivity index (χ1v) is 8.92. The smallest absolute Gasteiger partial charge is 0.342 e. The van der Waals surface area contributed by atoms with Gasteiger partial charge in [-0.05, 0) is 38.1 Å². The second-order valence-corrected chi connectivity index (χ2v) is 6.46. The van der Waals surface area contributed by atoms with Crippen LogP contribution in [-0.2, 0) is 11.0 Å². The first kappa shape index (κ1) is 21.7. The van der Waals surface area contributed by atoms with Crippen molar-refractivity contribution in [2.45, 2.75) is 20.0 Å². The Morgan fingerprint density at radius 2 is 1.71 bits per heavy atom. The summed E-state index contributed by atoms with van der Waals surface area (Å²) in [6.45, 7) is 4.12. The van der Waals surface area contributed by atoms with Gasteiger partial charge in [0, 0.05) is 25.2 Å². The monoisotopic (exact) mass is 416 g/mol. The lowest BCUT2D eigenvalue weighted by Crippen LogP contribution is -2.41. The minimum atomic E-state index is -4.83. The van der Waals surface area contributed by atoms with E-state index in [0.717, 1.165) is 11.1 Å². The van der Waals surface area contributed by atoms with Crippen LogP contribution in [0, 0.1) is 0 Å². The Balaban J connectivity index is 2.38. The number of halogens is 4. The standard InChI is InChI=1S/C18H20ClF3N4O2/c1-4-25(5-2)15(27)11-24(3)17(28)14-10-23-26(16(14)18(20,21)22)13-8-6-12(19)7-9-13/h6-10H,4-5,11H2,1-3H3. The minimum Gasteiger partial charge on any atom is -0.342 e. The zero-order valence-electron chi connectivity index (χ0n) is 15.6. The fourth-order valence-corrected chi connectivity index (χ4v) is 2.84. The van der Waals surface area contributed by atoms with Gasteiger partial charge in [0.1, 0.15) is 0 Å². The number of rotatable bonds is 6. The van der Waals surface area contributed by atoms with Crippen molar-refractivity contribution in [3.63, 3.8) is 0 Å². The minimum absolute atomic E-state index is 0.109. The maximum Gasteiger partial charge on any atom is 0.434 e. The van der Waals surface area contributed by atoms with Crippen LogP contribution in [0.25, 0.3) is 5.69 Å². The maximum atomic E-state index is 13.7. The molecular weight excluding hydrogens is 397 g/mol. The van der Waals surface area contributed by atoms with Crippen LogP contribution in [0.4, 0.5) is 13.2 Å². The Morgan fingerprint density at radius 1 is 1.14 bits per heavy atom. The molecule has 0 radical (unpaired) electrons. The molecule has 0 saturated carbocycles. The number of hydrogen-bond donors (Lipinski definition) is 0. The average molecular weight is 417 g/mol. The van der Waals surface area contributed by atoms with Crippen LogP contribution in [0.5, 0.6) is 0 Å². The SMILES string of the molecule is CCN(CC)C(=O)CN(C)C(=O)c1cnn(-c2ccc(Cl)cc2)c1C(F)(F)F. The number of carbonyl (C=O) groups is 2. The molecule has 0 fully saturated rings. The molecule has 0 saturated heterocycles. The van der Waals surface area contributed by atoms with Crippen LogP contribution in [0.1, 0.15) is 29.9 Å². The molecule has 0 N–H and O–H groups in total. The number of alkyl halides is 3. The summed E-state index contributed by atoms with van der Waals surface area (Å²) in [5.41, 5.74) is -1.73. The average Bonchev–Trinajstić information content (AvgIpc) is 3.08. The van der Waals surface area contributed by atoms with Crippen LogP contribution in [0.3, 0.4) is 0 Å². The summed E-state index contributed by atoms with van der Waals surface area (Å²) in [6.07, 6.45) is -3.97. The lowest BCUT2D eigenvalue weighted by molar-refractivity contribution is -0.143. The van der Waals surface area contributed by atoms with E-state index in [1.165, 1.54) is 36.2 Å². The lowest BCUT2D eigenvalue weighted by Gasteiger charge is -2.23. The van der Waals surface area contributed by atoms with Gasteiger partial charge < -0.3 is 9.80 Å². The van der Waals surface area contributed by atoms with Gasteiger partial charge in [0.05, 0.1) is 24.0 Å². The summed E-state index contributed by atoms with van der Waals surface area (Å²) in [6, 6.07) is 5.59. The number of aromatic nitrogens is 2. The molecular formula is C18H20ClF3N4O2. The zero-order chi connectivity index (χ0) is 21.1. The highest BCUT2D eigenvalue weighted by Crippen LogP contribution is 2.34. The Morgan fingerprint density at radius 3 is 2.21 bits per heavy atom. The van der Waals surface area contributed by atoms with Gasteiger partial charge in [-0.1, -0.05) is 11.6 Å². The Kier molecular flexibility index (Phi) is 6.71. The normalized spacial score (nSPS) is 11.4. The highest BCUT2D eigenvalue weighted by Gasteiger charge is 2.41. The van der Waals surface area contributed by atoms with Gasteiger partial charge in [-0.15, -0.1) is 0 Å². The largest absolute Gasteiger partial charge is 0.434 e. The number of amides is 2. The van der Waals surface area contributed by atoms with Crippen LogP contribution in [-0.4, -0.2) is 58.1 Å². The van der Waals surface area contributed by atoms with Crippen molar-refractivity contribution >= 4 is 23.4 Å². The van der Waals surface area contributed by atoms with Gasteiger partial charge in [-0.3, -0.25) is 9.59 Å². The predicted molar refractivity (Wildman–Crippen MR) is 98.5 cm³/mol. The van der Waals surface area contributed by atoms with E-state index in [1.807, 2.05) is 0 Å². The Bertz CT molecular complexity index is 846. The molecule has 10 heteroatoms. The van der Waals surface area contributed by atoms with Crippen LogP contribution in [0.15, 0.2) is 30.5 Å². The van der Waals surface area contributed by atoms with Crippen LogP contribution in [0.2, 0.25) is 5.02 Å². The number of likely N-dealkylation sites (N-methyl/N-ethyl adjacent to an activating group) is 2. The summed E-state index contributed by atoms with van der Waals surface area (Å²) in [5.74, 6) is -1.28. The summed E-state index contributed by atoms with van der Waals surface area (Å²) in [7, 11) is 1.28. The lowest BCUT2D eigenvalue weighted by atomic mass is 10.2. The molecule has 0 aliphatic carbocycles. The summed E-state index contributed by atoms with van der Waals surface area (Å²) >= 11 is 5.78. The third kappa shape index (κ3) is 4.64. The fourth-order valence-electron chi connectivity index (χ4n) is 2.71. The highest BCUT2D eigenvalue weighted by molar-refractivity contribution is 6.30. The topological polar surface area (TPSA) is 58.4 Å². The van der Waals surface area contributed by atoms with Gasteiger partial charge in [0.15, 0.2) is 5.69 Å². The fraction of sp³-hybridized carbons (Fsp3) is 0.389. The molecule has 0 aliphatic heterocycles. The molecule has 1 aromatic heterocycles. The van der Waals surface area contributed by atoms with Gasteiger partial charge in [0.2, 0.25) is 5.91 Å². The summed E-state index contributed by atoms with van der Waals surface area (Å²) < 4.78 is 41.7. The Hall–Kier alpha value is -2.55. The van der Waals surface area contributed by atoms with Crippen LogP contribution >= 0.6 is 11.6 Å². The van der Waals surface area contributed by atoms with E-state index in [-0.39, 0.29) is 18.1 Å². The van der Waals surface area contributed by atoms with Gasteiger partial charge in [-0.25, -0.2) is 4.68 Å². The van der Waals surface area contributed by atoms with Crippen molar-refractivity contribution < 1.29 is 22.8 Å². The molecule has 0 aliphatic rings. The maximum absolute atomic E-state index is 13.7. The molecule has 0 unspecified atom stereocenters. The predicted octanol–water partition coefficient (Wildman–Crippen LogP) is 3.48. The molecule has 6 nitrogen and oxygen atoms in total. The first-order chi connectivity index (χ1) is 13.1. The van der Waals surface area contributed by atoms with Crippen LogP contribution < -0.4 is 0 Å². The molecule has 152 valence electrons.